The van der Waals surface area contributed by atoms with Crippen LogP contribution in [0.2, 0.25) is 0 Å². The Bertz CT molecular complexity index is 1500. The number of anilines is 2. The van der Waals surface area contributed by atoms with E-state index < -0.39 is 17.7 Å². The van der Waals surface area contributed by atoms with Gasteiger partial charge in [0.1, 0.15) is 36.1 Å². The summed E-state index contributed by atoms with van der Waals surface area (Å²) in [6, 6.07) is 32.1. The van der Waals surface area contributed by atoms with Gasteiger partial charge in [-0.3, -0.25) is 24.4 Å². The molecule has 0 aliphatic heterocycles. The van der Waals surface area contributed by atoms with E-state index in [2.05, 4.69) is 10.6 Å². The number of nitrogens with zero attached hydrogens (tertiary/aromatic N) is 1. The second-order valence-corrected chi connectivity index (χ2v) is 10.3. The van der Waals surface area contributed by atoms with Crippen molar-refractivity contribution in [2.45, 2.75) is 32.1 Å². The third-order valence-electron chi connectivity index (χ3n) is 6.63. The first-order valence-electron chi connectivity index (χ1n) is 14.8. The minimum atomic E-state index is -0.502. The lowest BCUT2D eigenvalue weighted by Gasteiger charge is -2.22. The van der Waals surface area contributed by atoms with Gasteiger partial charge in [0.05, 0.1) is 0 Å². The summed E-state index contributed by atoms with van der Waals surface area (Å²) < 4.78 is 11.7. The highest BCUT2D eigenvalue weighted by molar-refractivity contribution is 5.98. The molecule has 11 heteroatoms. The highest BCUT2D eigenvalue weighted by atomic mass is 16.5. The van der Waals surface area contributed by atoms with Gasteiger partial charge in [-0.15, -0.1) is 0 Å². The van der Waals surface area contributed by atoms with E-state index in [1.54, 1.807) is 54.0 Å². The topological polar surface area (TPSA) is 146 Å². The molecule has 0 saturated heterocycles. The summed E-state index contributed by atoms with van der Waals surface area (Å²) in [7, 11) is 0. The van der Waals surface area contributed by atoms with Crippen molar-refractivity contribution in [1.29, 1.82) is 0 Å². The normalized spacial score (nSPS) is 10.4. The number of ether oxygens (including phenoxy) is 2. The van der Waals surface area contributed by atoms with Crippen LogP contribution in [0, 0.1) is 0 Å². The highest BCUT2D eigenvalue weighted by Crippen LogP contribution is 2.25. The van der Waals surface area contributed by atoms with Gasteiger partial charge in [0.2, 0.25) is 23.6 Å². The molecule has 4 amide bonds. The summed E-state index contributed by atoms with van der Waals surface area (Å²) in [4.78, 5) is 51.8. The van der Waals surface area contributed by atoms with E-state index in [4.69, 9.17) is 14.7 Å². The molecule has 0 aliphatic rings. The zero-order valence-electron chi connectivity index (χ0n) is 25.2. The number of nitrogens with one attached hydrogen (secondary N) is 3. The molecule has 0 aliphatic carbocycles. The number of rotatable bonds is 16. The van der Waals surface area contributed by atoms with Gasteiger partial charge in [-0.05, 0) is 61.4 Å². The molecule has 0 bridgehead atoms. The fraction of sp³-hybridized carbons (Fsp3) is 0.200. The van der Waals surface area contributed by atoms with Gasteiger partial charge in [-0.1, -0.05) is 55.0 Å². The Morgan fingerprint density at radius 2 is 1.00 bits per heavy atom. The van der Waals surface area contributed by atoms with Crippen molar-refractivity contribution in [1.82, 2.24) is 10.4 Å². The van der Waals surface area contributed by atoms with Crippen molar-refractivity contribution in [3.05, 3.63) is 109 Å². The fourth-order valence-electron chi connectivity index (χ4n) is 4.46. The predicted octanol–water partition coefficient (Wildman–Crippen LogP) is 6.13. The average Bonchev–Trinajstić information content (AvgIpc) is 3.05. The fourth-order valence-corrected chi connectivity index (χ4v) is 4.46. The summed E-state index contributed by atoms with van der Waals surface area (Å²) >= 11 is 0. The number of para-hydroxylation sites is 2. The largest absolute Gasteiger partial charge is 0.457 e. The number of hydrogen-bond donors (Lipinski definition) is 4. The van der Waals surface area contributed by atoms with Crippen LogP contribution in [0.3, 0.4) is 0 Å². The summed E-state index contributed by atoms with van der Waals surface area (Å²) in [5.41, 5.74) is 2.51. The van der Waals surface area contributed by atoms with E-state index in [0.717, 1.165) is 0 Å². The van der Waals surface area contributed by atoms with Crippen molar-refractivity contribution in [2.24, 2.45) is 0 Å². The SMILES string of the molecule is O=C(CCCCCC(=O)N(CC(=O)Nc1cccc(Oc2ccccc2)c1)CC(=O)Nc1cccc(Oc2ccccc2)c1)NO. The lowest BCUT2D eigenvalue weighted by Crippen LogP contribution is -2.42. The van der Waals surface area contributed by atoms with Crippen molar-refractivity contribution >= 4 is 35.0 Å². The molecule has 11 nitrogen and oxygen atoms in total. The molecule has 0 atom stereocenters. The van der Waals surface area contributed by atoms with Crippen LogP contribution in [0.1, 0.15) is 32.1 Å². The van der Waals surface area contributed by atoms with Gasteiger partial charge < -0.3 is 25.0 Å². The van der Waals surface area contributed by atoms with Crippen LogP contribution in [0.5, 0.6) is 23.0 Å². The van der Waals surface area contributed by atoms with E-state index in [0.29, 0.717) is 53.6 Å². The van der Waals surface area contributed by atoms with Crippen LogP contribution in [0.25, 0.3) is 0 Å². The summed E-state index contributed by atoms with van der Waals surface area (Å²) in [5, 5.41) is 14.2. The molecule has 46 heavy (non-hydrogen) atoms. The van der Waals surface area contributed by atoms with Gasteiger partial charge in [0, 0.05) is 36.3 Å². The maximum absolute atomic E-state index is 13.2. The van der Waals surface area contributed by atoms with Crippen molar-refractivity contribution < 1.29 is 33.9 Å². The Kier molecular flexibility index (Phi) is 12.7. The lowest BCUT2D eigenvalue weighted by atomic mass is 10.1. The maximum atomic E-state index is 13.2. The zero-order chi connectivity index (χ0) is 32.6. The Balaban J connectivity index is 1.38. The first kappa shape index (κ1) is 33.2. The van der Waals surface area contributed by atoms with Crippen LogP contribution in [0.15, 0.2) is 109 Å². The Morgan fingerprint density at radius 3 is 1.48 bits per heavy atom. The van der Waals surface area contributed by atoms with E-state index in [1.165, 1.54) is 4.90 Å². The number of hydrogen-bond acceptors (Lipinski definition) is 7. The molecule has 238 valence electrons. The predicted molar refractivity (Wildman–Crippen MR) is 173 cm³/mol. The number of carbonyl (C=O) groups excluding carboxylic acids is 4. The number of amides is 4. The van der Waals surface area contributed by atoms with Gasteiger partial charge in [-0.25, -0.2) is 5.48 Å². The minimum absolute atomic E-state index is 0.0715. The van der Waals surface area contributed by atoms with Crippen LogP contribution in [-0.2, 0) is 19.2 Å². The maximum Gasteiger partial charge on any atom is 0.244 e. The van der Waals surface area contributed by atoms with Crippen LogP contribution in [-0.4, -0.2) is 46.8 Å². The monoisotopic (exact) mass is 624 g/mol. The quantitative estimate of drug-likeness (QED) is 0.0666. The van der Waals surface area contributed by atoms with Gasteiger partial charge in [-0.2, -0.15) is 0 Å². The van der Waals surface area contributed by atoms with Crippen molar-refractivity contribution in [2.75, 3.05) is 23.7 Å². The summed E-state index contributed by atoms with van der Waals surface area (Å²) in [5.74, 6) is 0.448. The Labute approximate surface area is 267 Å². The third kappa shape index (κ3) is 11.4. The molecule has 4 N–H and O–H groups in total. The minimum Gasteiger partial charge on any atom is -0.457 e. The summed E-state index contributed by atoms with van der Waals surface area (Å²) in [6.07, 6.45) is 1.66. The molecule has 0 fully saturated rings. The standard InChI is InChI=1S/C35H36N4O7/c40-32(38-44)20-8-3-9-21-35(43)39(24-33(41)36-26-12-10-18-30(22-26)45-28-14-4-1-5-15-28)25-34(42)37-27-13-11-19-31(23-27)46-29-16-6-2-7-17-29/h1-2,4-7,10-19,22-23,44H,3,8-9,20-21,24-25H2,(H,36,41)(H,37,42)(H,38,40). The second kappa shape index (κ2) is 17.6. The zero-order valence-corrected chi connectivity index (χ0v) is 25.2. The molecule has 0 spiro atoms. The number of hydroxylamine groups is 1. The molecular formula is C35H36N4O7. The first-order valence-corrected chi connectivity index (χ1v) is 14.8. The molecule has 0 aromatic heterocycles. The Hall–Kier alpha value is -5.68. The molecule has 4 aromatic rings. The number of benzene rings is 4. The molecule has 0 radical (unpaired) electrons. The second-order valence-electron chi connectivity index (χ2n) is 10.3. The highest BCUT2D eigenvalue weighted by Gasteiger charge is 2.21. The Morgan fingerprint density at radius 1 is 0.543 bits per heavy atom. The molecule has 0 saturated carbocycles. The molecule has 4 rings (SSSR count). The molecule has 4 aromatic carbocycles. The molecule has 0 unspecified atom stereocenters. The lowest BCUT2D eigenvalue weighted by molar-refractivity contribution is -0.137. The van der Waals surface area contributed by atoms with Gasteiger partial charge in [0.15, 0.2) is 0 Å². The van der Waals surface area contributed by atoms with E-state index in [9.17, 15) is 19.2 Å². The van der Waals surface area contributed by atoms with E-state index in [1.807, 2.05) is 60.7 Å². The average molecular weight is 625 g/mol. The van der Waals surface area contributed by atoms with Crippen LogP contribution < -0.4 is 25.6 Å². The molecule has 0 heterocycles. The van der Waals surface area contributed by atoms with Crippen molar-refractivity contribution in [3.8, 4) is 23.0 Å². The van der Waals surface area contributed by atoms with Crippen LogP contribution >= 0.6 is 0 Å². The van der Waals surface area contributed by atoms with Gasteiger partial charge >= 0.3 is 0 Å². The number of unbranched alkanes of at least 4 members (excludes halogenated alkanes) is 2. The van der Waals surface area contributed by atoms with Crippen LogP contribution in [0.4, 0.5) is 11.4 Å². The smallest absolute Gasteiger partial charge is 0.244 e. The van der Waals surface area contributed by atoms with Gasteiger partial charge in [0.25, 0.3) is 0 Å². The first-order chi connectivity index (χ1) is 22.4. The van der Waals surface area contributed by atoms with E-state index >= 15 is 0 Å². The third-order valence-corrected chi connectivity index (χ3v) is 6.63. The van der Waals surface area contributed by atoms with E-state index in [-0.39, 0.29) is 31.8 Å². The number of carbonyl (C=O) groups is 4. The van der Waals surface area contributed by atoms with Crippen molar-refractivity contribution in [3.63, 3.8) is 0 Å². The summed E-state index contributed by atoms with van der Waals surface area (Å²) in [6.45, 7) is -0.722. The molecular weight excluding hydrogens is 588 g/mol.